The quantitative estimate of drug-likeness (QED) is 0.394. The molecule has 0 aliphatic carbocycles. The summed E-state index contributed by atoms with van der Waals surface area (Å²) >= 11 is 1.68. The third-order valence-corrected chi connectivity index (χ3v) is 5.83. The molecule has 2 aromatic rings. The third kappa shape index (κ3) is 5.32. The predicted octanol–water partition coefficient (Wildman–Crippen LogP) is 3.47. The first-order valence-corrected chi connectivity index (χ1v) is 10.6. The highest BCUT2D eigenvalue weighted by Crippen LogP contribution is 2.25. The Morgan fingerprint density at radius 1 is 1.29 bits per heavy atom. The van der Waals surface area contributed by atoms with Crippen LogP contribution in [-0.4, -0.2) is 52.7 Å². The van der Waals surface area contributed by atoms with Gasteiger partial charge in [-0.15, -0.1) is 11.8 Å². The number of thioether (sulfide) groups is 1. The van der Waals surface area contributed by atoms with Crippen molar-refractivity contribution in [2.75, 3.05) is 43.6 Å². The van der Waals surface area contributed by atoms with Crippen LogP contribution in [0.25, 0.3) is 0 Å². The van der Waals surface area contributed by atoms with Gasteiger partial charge in [0.05, 0.1) is 4.92 Å². The van der Waals surface area contributed by atoms with Gasteiger partial charge in [-0.1, -0.05) is 18.2 Å². The summed E-state index contributed by atoms with van der Waals surface area (Å²) in [4.78, 5) is 22.9. The SMILES string of the molecule is CSc1ccccc1CNc1ncc([N+](=O)[O-])c(NCC2CCN(C)CC2)n1. The minimum atomic E-state index is -0.441. The molecule has 1 aromatic carbocycles. The standard InChI is InChI=1S/C19H26N6O2S/c1-24-9-7-14(8-10-24)11-20-18-16(25(26)27)13-22-19(23-18)21-12-15-5-3-4-6-17(15)28-2/h3-6,13-14H,7-12H2,1-2H3,(H2,20,21,22,23). The van der Waals surface area contributed by atoms with Crippen molar-refractivity contribution in [1.82, 2.24) is 14.9 Å². The summed E-state index contributed by atoms with van der Waals surface area (Å²) in [7, 11) is 2.12. The lowest BCUT2D eigenvalue weighted by Gasteiger charge is -2.29. The van der Waals surface area contributed by atoms with Crippen molar-refractivity contribution >= 4 is 29.2 Å². The van der Waals surface area contributed by atoms with Crippen molar-refractivity contribution in [2.24, 2.45) is 5.92 Å². The molecule has 8 nitrogen and oxygen atoms in total. The molecule has 0 radical (unpaired) electrons. The Morgan fingerprint density at radius 2 is 2.04 bits per heavy atom. The van der Waals surface area contributed by atoms with E-state index >= 15 is 0 Å². The van der Waals surface area contributed by atoms with E-state index < -0.39 is 4.92 Å². The lowest BCUT2D eigenvalue weighted by atomic mass is 9.97. The molecular formula is C19H26N6O2S. The summed E-state index contributed by atoms with van der Waals surface area (Å²) in [6.07, 6.45) is 5.47. The predicted molar refractivity (Wildman–Crippen MR) is 113 cm³/mol. The van der Waals surface area contributed by atoms with E-state index in [2.05, 4.69) is 38.6 Å². The Bertz CT molecular complexity index is 811. The summed E-state index contributed by atoms with van der Waals surface area (Å²) in [5.74, 6) is 1.16. The van der Waals surface area contributed by atoms with Crippen LogP contribution in [0.15, 0.2) is 35.4 Å². The van der Waals surface area contributed by atoms with E-state index in [0.29, 0.717) is 25.0 Å². The average molecular weight is 403 g/mol. The normalized spacial score (nSPS) is 15.4. The number of benzene rings is 1. The van der Waals surface area contributed by atoms with E-state index in [0.717, 1.165) is 31.5 Å². The summed E-state index contributed by atoms with van der Waals surface area (Å²) in [5, 5.41) is 17.7. The molecular weight excluding hydrogens is 376 g/mol. The zero-order chi connectivity index (χ0) is 19.9. The van der Waals surface area contributed by atoms with Crippen LogP contribution in [0.3, 0.4) is 0 Å². The van der Waals surface area contributed by atoms with Gasteiger partial charge in [0, 0.05) is 18.0 Å². The maximum atomic E-state index is 11.3. The van der Waals surface area contributed by atoms with E-state index in [-0.39, 0.29) is 11.5 Å². The topological polar surface area (TPSA) is 96.2 Å². The van der Waals surface area contributed by atoms with Crippen LogP contribution in [-0.2, 0) is 6.54 Å². The number of likely N-dealkylation sites (tertiary alicyclic amines) is 1. The number of anilines is 2. The van der Waals surface area contributed by atoms with E-state index in [1.807, 2.05) is 24.5 Å². The molecule has 3 rings (SSSR count). The molecule has 0 spiro atoms. The number of nitrogens with one attached hydrogen (secondary N) is 2. The van der Waals surface area contributed by atoms with Gasteiger partial charge in [-0.3, -0.25) is 10.1 Å². The van der Waals surface area contributed by atoms with E-state index in [9.17, 15) is 10.1 Å². The molecule has 150 valence electrons. The fraction of sp³-hybridized carbons (Fsp3) is 0.474. The van der Waals surface area contributed by atoms with Crippen LogP contribution >= 0.6 is 11.8 Å². The third-order valence-electron chi connectivity index (χ3n) is 4.99. The lowest BCUT2D eigenvalue weighted by Crippen LogP contribution is -2.33. The van der Waals surface area contributed by atoms with Gasteiger partial charge in [-0.25, -0.2) is 4.98 Å². The number of piperidine rings is 1. The summed E-state index contributed by atoms with van der Waals surface area (Å²) < 4.78 is 0. The van der Waals surface area contributed by atoms with E-state index in [1.165, 1.54) is 11.1 Å². The Labute approximate surface area is 169 Å². The molecule has 0 unspecified atom stereocenters. The number of nitrogens with zero attached hydrogens (tertiary/aromatic N) is 4. The summed E-state index contributed by atoms with van der Waals surface area (Å²) in [5.41, 5.74) is 1.04. The Hall–Kier alpha value is -2.39. The minimum absolute atomic E-state index is 0.0945. The van der Waals surface area contributed by atoms with Gasteiger partial charge in [0.2, 0.25) is 11.8 Å². The molecule has 28 heavy (non-hydrogen) atoms. The van der Waals surface area contributed by atoms with Crippen molar-refractivity contribution in [3.8, 4) is 0 Å². The largest absolute Gasteiger partial charge is 0.364 e. The first-order chi connectivity index (χ1) is 13.6. The fourth-order valence-electron chi connectivity index (χ4n) is 3.25. The van der Waals surface area contributed by atoms with Crippen LogP contribution < -0.4 is 10.6 Å². The second-order valence-corrected chi connectivity index (χ2v) is 7.83. The molecule has 1 saturated heterocycles. The van der Waals surface area contributed by atoms with Crippen molar-refractivity contribution < 1.29 is 4.92 Å². The second-order valence-electron chi connectivity index (χ2n) is 6.98. The monoisotopic (exact) mass is 402 g/mol. The van der Waals surface area contributed by atoms with Crippen molar-refractivity contribution in [1.29, 1.82) is 0 Å². The van der Waals surface area contributed by atoms with Crippen LogP contribution in [0.5, 0.6) is 0 Å². The highest BCUT2D eigenvalue weighted by Gasteiger charge is 2.21. The van der Waals surface area contributed by atoms with Crippen LogP contribution in [0.4, 0.5) is 17.5 Å². The molecule has 0 atom stereocenters. The van der Waals surface area contributed by atoms with Crippen molar-refractivity contribution in [2.45, 2.75) is 24.3 Å². The van der Waals surface area contributed by atoms with Gasteiger partial charge in [0.15, 0.2) is 0 Å². The molecule has 1 aliphatic heterocycles. The Kier molecular flexibility index (Phi) is 7.05. The van der Waals surface area contributed by atoms with Crippen LogP contribution in [0.1, 0.15) is 18.4 Å². The van der Waals surface area contributed by atoms with E-state index in [1.54, 1.807) is 11.8 Å². The summed E-state index contributed by atoms with van der Waals surface area (Å²) in [6.45, 7) is 3.35. The fourth-order valence-corrected chi connectivity index (χ4v) is 3.87. The van der Waals surface area contributed by atoms with Gasteiger partial charge in [0.1, 0.15) is 6.20 Å². The second kappa shape index (κ2) is 9.70. The van der Waals surface area contributed by atoms with E-state index in [4.69, 9.17) is 0 Å². The molecule has 1 aliphatic rings. The molecule has 1 fully saturated rings. The number of aromatic nitrogens is 2. The van der Waals surface area contributed by atoms with Crippen molar-refractivity contribution in [3.63, 3.8) is 0 Å². The molecule has 0 saturated carbocycles. The number of nitro groups is 1. The maximum Gasteiger partial charge on any atom is 0.329 e. The lowest BCUT2D eigenvalue weighted by molar-refractivity contribution is -0.384. The minimum Gasteiger partial charge on any atom is -0.364 e. The van der Waals surface area contributed by atoms with Crippen LogP contribution in [0.2, 0.25) is 0 Å². The van der Waals surface area contributed by atoms with Gasteiger partial charge in [-0.05, 0) is 56.8 Å². The van der Waals surface area contributed by atoms with Gasteiger partial charge in [-0.2, -0.15) is 4.98 Å². The zero-order valence-electron chi connectivity index (χ0n) is 16.2. The Morgan fingerprint density at radius 3 is 2.75 bits per heavy atom. The zero-order valence-corrected chi connectivity index (χ0v) is 17.0. The van der Waals surface area contributed by atoms with Gasteiger partial charge in [0.25, 0.3) is 0 Å². The molecule has 2 heterocycles. The summed E-state index contributed by atoms with van der Waals surface area (Å²) in [6, 6.07) is 8.10. The molecule has 2 N–H and O–H groups in total. The smallest absolute Gasteiger partial charge is 0.329 e. The number of hydrogen-bond acceptors (Lipinski definition) is 8. The first kappa shape index (κ1) is 20.3. The molecule has 1 aromatic heterocycles. The highest BCUT2D eigenvalue weighted by atomic mass is 32.2. The van der Waals surface area contributed by atoms with Gasteiger partial charge < -0.3 is 15.5 Å². The first-order valence-electron chi connectivity index (χ1n) is 9.36. The molecule has 0 bridgehead atoms. The van der Waals surface area contributed by atoms with Crippen LogP contribution in [0, 0.1) is 16.0 Å². The maximum absolute atomic E-state index is 11.3. The Balaban J connectivity index is 1.67. The molecule has 0 amide bonds. The van der Waals surface area contributed by atoms with Crippen molar-refractivity contribution in [3.05, 3.63) is 46.1 Å². The van der Waals surface area contributed by atoms with Gasteiger partial charge >= 0.3 is 5.69 Å². The molecule has 9 heteroatoms. The highest BCUT2D eigenvalue weighted by molar-refractivity contribution is 7.98. The number of hydrogen-bond donors (Lipinski definition) is 2. The number of rotatable bonds is 8. The average Bonchev–Trinajstić information content (AvgIpc) is 2.72.